The van der Waals surface area contributed by atoms with Crippen LogP contribution in [0.1, 0.15) is 69.5 Å². The topological polar surface area (TPSA) is 428 Å². The van der Waals surface area contributed by atoms with Crippen LogP contribution >= 0.6 is 24.8 Å². The van der Waals surface area contributed by atoms with Gasteiger partial charge in [0.25, 0.3) is 11.1 Å². The van der Waals surface area contributed by atoms with Crippen LogP contribution in [0.25, 0.3) is 22.3 Å². The molecule has 4 saturated heterocycles. The summed E-state index contributed by atoms with van der Waals surface area (Å²) in [6, 6.07) is 1.46. The minimum absolute atomic E-state index is 0.0257. The van der Waals surface area contributed by atoms with Crippen molar-refractivity contribution in [3.8, 4) is 0 Å². The number of nitrogens with one attached hydrogen (secondary N) is 2. The molecule has 33 nitrogen and oxygen atoms in total. The molecule has 4 aliphatic rings. The van der Waals surface area contributed by atoms with Crippen molar-refractivity contribution in [3.05, 3.63) is 84.7 Å². The lowest BCUT2D eigenvalue weighted by Crippen LogP contribution is -2.38. The van der Waals surface area contributed by atoms with Crippen LogP contribution in [0.15, 0.2) is 56.6 Å². The summed E-state index contributed by atoms with van der Waals surface area (Å²) in [7, 11) is -12.4. The standard InChI is InChI=1S/C43H60N15O18P3Si/c1-6-21-22(9-30(69-21)55-8-7-29(44)51-42(55)61)73-77(63)66-14-26-23(10-32(70-26)57-18-49-34-36(45)47-17-48-37(34)57)74-78(64)67-15-27-24(11-33(71-27)58-19-50-35-38(58)52-41(46)53-40(35)60)75-79(65)68-16-28-25(76-80(3,4)5)12-31(72-28)56-13-20(2)39(59)54-43(56)62/h7-8,13,17-19,21-28,30-33,77-79H,6,9-12,14-16H2,1-5H3,(H2,44,51,61)(H2,45,47,48)(H,54,59,62)(H3,46,52,53,60)/t21-,22?,23?,24?,25?,26-,27-,28-,30-,31-,32-,33-/m1/s1. The number of anilines is 3. The first-order valence-electron chi connectivity index (χ1n) is 25.3. The van der Waals surface area contributed by atoms with Crippen molar-refractivity contribution >= 4 is 73.0 Å². The maximum absolute atomic E-state index is 14.0. The van der Waals surface area contributed by atoms with Gasteiger partial charge in [0, 0.05) is 43.6 Å². The van der Waals surface area contributed by atoms with Crippen molar-refractivity contribution in [2.75, 3.05) is 37.0 Å². The molecule has 0 aliphatic carbocycles. The van der Waals surface area contributed by atoms with E-state index in [2.05, 4.69) is 39.9 Å². The van der Waals surface area contributed by atoms with E-state index in [9.17, 15) is 32.9 Å². The molecule has 15 atom stereocenters. The Morgan fingerprint density at radius 1 is 0.637 bits per heavy atom. The van der Waals surface area contributed by atoms with E-state index < -0.39 is 136 Å². The molecular formula is C43H60N15O18P3Si. The third-order valence-electron chi connectivity index (χ3n) is 13.5. The van der Waals surface area contributed by atoms with Gasteiger partial charge in [-0.3, -0.25) is 51.5 Å². The highest BCUT2D eigenvalue weighted by atomic mass is 31.1. The fourth-order valence-corrected chi connectivity index (χ4v) is 13.6. The fraction of sp³-hybridized carbons (Fsp3) is 0.581. The zero-order valence-corrected chi connectivity index (χ0v) is 47.6. The summed E-state index contributed by atoms with van der Waals surface area (Å²) >= 11 is 0. The van der Waals surface area contributed by atoms with Gasteiger partial charge in [0.05, 0.1) is 63.0 Å². The number of aromatic amines is 2. The Hall–Kier alpha value is -5.67. The molecule has 10 heterocycles. The van der Waals surface area contributed by atoms with Gasteiger partial charge < -0.3 is 67.7 Å². The lowest BCUT2D eigenvalue weighted by Gasteiger charge is -2.26. The predicted molar refractivity (Wildman–Crippen MR) is 283 cm³/mol. The van der Waals surface area contributed by atoms with Crippen LogP contribution in [-0.4, -0.2) is 135 Å². The van der Waals surface area contributed by atoms with Gasteiger partial charge in [-0.1, -0.05) is 6.92 Å². The first-order chi connectivity index (χ1) is 38.2. The fourth-order valence-electron chi connectivity index (χ4n) is 9.85. The largest absolute Gasteiger partial charge is 0.412 e. The van der Waals surface area contributed by atoms with Gasteiger partial charge in [0.2, 0.25) is 5.95 Å². The second-order valence-corrected chi connectivity index (χ2v) is 27.7. The molecule has 6 aromatic rings. The minimum Gasteiger partial charge on any atom is -0.412 e. The number of aromatic nitrogens is 12. The van der Waals surface area contributed by atoms with E-state index in [4.69, 9.17) is 67.7 Å². The first-order valence-corrected chi connectivity index (χ1v) is 32.4. The summed E-state index contributed by atoms with van der Waals surface area (Å²) in [5.41, 5.74) is 16.1. The van der Waals surface area contributed by atoms with Crippen LogP contribution in [-0.2, 0) is 64.2 Å². The average Bonchev–Trinajstić information content (AvgIpc) is 4.32. The number of nitrogens with two attached hydrogens (primary N) is 3. The SMILES string of the molecule is CC[C@H]1O[C@@H](n2ccc(N)nc2=O)CC1O[PH](=O)OC[C@H]1O[C@@H](n2cnc3c(N)ncnc32)CC1O[PH](=O)OC[C@H]1O[C@@H](n2cnc3c(=O)[nH]c(N)nc32)CC1O[PH](=O)OC[C@H]1O[C@@H](n2cc(C)c(=O)[nH]c2=O)CC1O[Si](C)(C)C. The Kier molecular flexibility index (Phi) is 17.3. The maximum atomic E-state index is 14.0. The molecule has 7 unspecified atom stereocenters. The van der Waals surface area contributed by atoms with Gasteiger partial charge in [-0.15, -0.1) is 0 Å². The van der Waals surface area contributed by atoms with Crippen molar-refractivity contribution in [3.63, 3.8) is 0 Å². The van der Waals surface area contributed by atoms with E-state index in [-0.39, 0.29) is 67.6 Å². The summed E-state index contributed by atoms with van der Waals surface area (Å²) in [5, 5.41) is 0. The van der Waals surface area contributed by atoms with Crippen LogP contribution < -0.4 is 39.7 Å². The molecule has 37 heteroatoms. The van der Waals surface area contributed by atoms with Gasteiger partial charge in [-0.05, 0) is 39.1 Å². The van der Waals surface area contributed by atoms with Gasteiger partial charge in [-0.2, -0.15) is 9.97 Å². The Bertz CT molecular complexity index is 3560. The monoisotopic (exact) mass is 1200 g/mol. The molecule has 0 radical (unpaired) electrons. The number of ether oxygens (including phenoxy) is 4. The van der Waals surface area contributed by atoms with Crippen LogP contribution in [0, 0.1) is 6.92 Å². The average molecular weight is 1200 g/mol. The van der Waals surface area contributed by atoms with E-state index >= 15 is 0 Å². The molecule has 80 heavy (non-hydrogen) atoms. The number of hydrogen-bond donors (Lipinski definition) is 5. The van der Waals surface area contributed by atoms with E-state index in [1.54, 1.807) is 11.5 Å². The summed E-state index contributed by atoms with van der Waals surface area (Å²) in [6.45, 7) is 8.19. The number of imidazole rings is 2. The number of aryl methyl sites for hydroxylation is 1. The zero-order chi connectivity index (χ0) is 56.7. The van der Waals surface area contributed by atoms with Crippen LogP contribution in [0.3, 0.4) is 0 Å². The summed E-state index contributed by atoms with van der Waals surface area (Å²) in [5.74, 6) is -0.0203. The molecule has 0 saturated carbocycles. The van der Waals surface area contributed by atoms with Crippen LogP contribution in [0.4, 0.5) is 17.6 Å². The molecule has 4 fully saturated rings. The minimum atomic E-state index is -3.50. The zero-order valence-electron chi connectivity index (χ0n) is 43.6. The quantitative estimate of drug-likeness (QED) is 0.0479. The molecule has 0 bridgehead atoms. The molecule has 0 amide bonds. The number of nitrogen functional groups attached to an aromatic ring is 3. The lowest BCUT2D eigenvalue weighted by molar-refractivity contribution is -0.0490. The van der Waals surface area contributed by atoms with E-state index in [0.717, 1.165) is 0 Å². The van der Waals surface area contributed by atoms with Gasteiger partial charge in [0.15, 0.2) is 30.9 Å². The smallest absolute Gasteiger partial charge is 0.351 e. The number of H-pyrrole nitrogens is 2. The van der Waals surface area contributed by atoms with Crippen molar-refractivity contribution in [1.29, 1.82) is 0 Å². The molecule has 8 N–H and O–H groups in total. The predicted octanol–water partition coefficient (Wildman–Crippen LogP) is 1.98. The first kappa shape index (κ1) is 57.6. The molecule has 0 spiro atoms. The number of rotatable bonds is 22. The Balaban J connectivity index is 0.822. The molecule has 6 aromatic heterocycles. The summed E-state index contributed by atoms with van der Waals surface area (Å²) < 4.78 is 114. The Morgan fingerprint density at radius 3 is 1.73 bits per heavy atom. The van der Waals surface area contributed by atoms with Gasteiger partial charge in [0.1, 0.15) is 60.9 Å². The normalized spacial score (nSPS) is 28.3. The summed E-state index contributed by atoms with van der Waals surface area (Å²) in [4.78, 5) is 79.7. The second kappa shape index (κ2) is 24.0. The highest BCUT2D eigenvalue weighted by molar-refractivity contribution is 7.33. The summed E-state index contributed by atoms with van der Waals surface area (Å²) in [6.07, 6.45) is -2.72. The van der Waals surface area contributed by atoms with Crippen molar-refractivity contribution in [1.82, 2.24) is 58.1 Å². The third-order valence-corrected chi connectivity index (χ3v) is 17.2. The van der Waals surface area contributed by atoms with Crippen LogP contribution in [0.5, 0.6) is 0 Å². The van der Waals surface area contributed by atoms with E-state index in [0.29, 0.717) is 23.1 Å². The van der Waals surface area contributed by atoms with Crippen LogP contribution in [0.2, 0.25) is 19.6 Å². The Labute approximate surface area is 455 Å². The number of fused-ring (bicyclic) bond motifs is 2. The number of hydrogen-bond acceptors (Lipinski definition) is 27. The molecular weight excluding hydrogens is 1140 g/mol. The van der Waals surface area contributed by atoms with Crippen molar-refractivity contribution < 1.29 is 64.2 Å². The lowest BCUT2D eigenvalue weighted by atomic mass is 10.1. The highest BCUT2D eigenvalue weighted by Crippen LogP contribution is 2.45. The molecule has 434 valence electrons. The molecule has 0 aromatic carbocycles. The molecule has 4 aliphatic heterocycles. The molecule has 10 rings (SSSR count). The van der Waals surface area contributed by atoms with E-state index in [1.165, 1.54) is 51.1 Å². The van der Waals surface area contributed by atoms with Gasteiger partial charge >= 0.3 is 36.1 Å². The number of nitrogens with zero attached hydrogens (tertiary/aromatic N) is 10. The third kappa shape index (κ3) is 12.8. The maximum Gasteiger partial charge on any atom is 0.351 e. The van der Waals surface area contributed by atoms with E-state index in [1.807, 2.05) is 26.6 Å². The van der Waals surface area contributed by atoms with Gasteiger partial charge in [-0.25, -0.2) is 29.5 Å². The van der Waals surface area contributed by atoms with Crippen molar-refractivity contribution in [2.45, 2.75) is 139 Å². The Morgan fingerprint density at radius 2 is 1.15 bits per heavy atom. The van der Waals surface area contributed by atoms with Crippen molar-refractivity contribution in [2.24, 2.45) is 0 Å². The highest BCUT2D eigenvalue weighted by Gasteiger charge is 2.45. The second-order valence-electron chi connectivity index (χ2n) is 20.2.